The summed E-state index contributed by atoms with van der Waals surface area (Å²) in [5.74, 6) is -1.34. The lowest BCUT2D eigenvalue weighted by Crippen LogP contribution is -2.24. The van der Waals surface area contributed by atoms with E-state index in [4.69, 9.17) is 9.15 Å². The molecular formula is C21H16F2O5. The van der Waals surface area contributed by atoms with Crippen LogP contribution in [0.2, 0.25) is 0 Å². The maximum absolute atomic E-state index is 12.4. The standard InChI is InChI=1S/C21H16F2O5/c1-13(18(24)15-7-9-16(10-8-15)28-21(22)23)27-20(25)19-17(11-12-26-19)14-5-3-2-4-6-14/h2-13,21H,1H3. The number of Topliss-reactive ketones (excluding diaryl/α,β-unsaturated/α-hetero) is 1. The second-order valence-electron chi connectivity index (χ2n) is 5.84. The Morgan fingerprint density at radius 1 is 0.964 bits per heavy atom. The van der Waals surface area contributed by atoms with Crippen molar-refractivity contribution in [2.45, 2.75) is 19.6 Å². The third-order valence-electron chi connectivity index (χ3n) is 3.95. The van der Waals surface area contributed by atoms with Gasteiger partial charge in [-0.2, -0.15) is 8.78 Å². The summed E-state index contributed by atoms with van der Waals surface area (Å²) in [5, 5.41) is 0. The highest BCUT2D eigenvalue weighted by Crippen LogP contribution is 2.26. The average molecular weight is 386 g/mol. The smallest absolute Gasteiger partial charge is 0.387 e. The molecule has 28 heavy (non-hydrogen) atoms. The van der Waals surface area contributed by atoms with Crippen LogP contribution in [0.4, 0.5) is 8.78 Å². The Kier molecular flexibility index (Phi) is 5.84. The Morgan fingerprint density at radius 2 is 1.64 bits per heavy atom. The van der Waals surface area contributed by atoms with Gasteiger partial charge >= 0.3 is 12.6 Å². The van der Waals surface area contributed by atoms with Crippen LogP contribution in [0.5, 0.6) is 5.75 Å². The molecule has 2 aromatic carbocycles. The number of carbonyl (C=O) groups is 2. The normalized spacial score (nSPS) is 11.9. The lowest BCUT2D eigenvalue weighted by Gasteiger charge is -2.12. The van der Waals surface area contributed by atoms with E-state index >= 15 is 0 Å². The Balaban J connectivity index is 1.69. The first-order chi connectivity index (χ1) is 13.5. The van der Waals surface area contributed by atoms with Crippen molar-refractivity contribution in [2.75, 3.05) is 0 Å². The van der Waals surface area contributed by atoms with Crippen molar-refractivity contribution in [3.8, 4) is 16.9 Å². The number of alkyl halides is 2. The molecule has 1 heterocycles. The minimum atomic E-state index is -2.95. The van der Waals surface area contributed by atoms with Crippen LogP contribution >= 0.6 is 0 Å². The predicted molar refractivity (Wildman–Crippen MR) is 96.4 cm³/mol. The largest absolute Gasteiger partial charge is 0.457 e. The lowest BCUT2D eigenvalue weighted by atomic mass is 10.1. The molecule has 0 saturated heterocycles. The van der Waals surface area contributed by atoms with Crippen molar-refractivity contribution in [1.82, 2.24) is 0 Å². The summed E-state index contributed by atoms with van der Waals surface area (Å²) < 4.78 is 39.1. The van der Waals surface area contributed by atoms with Gasteiger partial charge in [-0.1, -0.05) is 30.3 Å². The summed E-state index contributed by atoms with van der Waals surface area (Å²) in [6.45, 7) is -1.52. The van der Waals surface area contributed by atoms with Gasteiger partial charge in [-0.05, 0) is 42.8 Å². The van der Waals surface area contributed by atoms with Gasteiger partial charge < -0.3 is 13.9 Å². The number of carbonyl (C=O) groups excluding carboxylic acids is 2. The molecule has 5 nitrogen and oxygen atoms in total. The van der Waals surface area contributed by atoms with E-state index in [-0.39, 0.29) is 17.1 Å². The van der Waals surface area contributed by atoms with Crippen LogP contribution in [0.3, 0.4) is 0 Å². The van der Waals surface area contributed by atoms with Gasteiger partial charge in [-0.25, -0.2) is 4.79 Å². The van der Waals surface area contributed by atoms with Crippen molar-refractivity contribution >= 4 is 11.8 Å². The number of furan rings is 1. The van der Waals surface area contributed by atoms with E-state index in [1.807, 2.05) is 30.3 Å². The molecule has 1 atom stereocenters. The quantitative estimate of drug-likeness (QED) is 0.423. The highest BCUT2D eigenvalue weighted by Gasteiger charge is 2.24. The minimum absolute atomic E-state index is 0.00784. The molecule has 0 N–H and O–H groups in total. The van der Waals surface area contributed by atoms with E-state index in [1.165, 1.54) is 37.5 Å². The van der Waals surface area contributed by atoms with Crippen molar-refractivity contribution in [3.05, 3.63) is 78.3 Å². The maximum atomic E-state index is 12.4. The Bertz CT molecular complexity index is 948. The molecule has 0 aliphatic heterocycles. The topological polar surface area (TPSA) is 65.7 Å². The number of hydrogen-bond acceptors (Lipinski definition) is 5. The van der Waals surface area contributed by atoms with E-state index in [0.717, 1.165) is 5.56 Å². The van der Waals surface area contributed by atoms with Crippen molar-refractivity contribution in [2.24, 2.45) is 0 Å². The highest BCUT2D eigenvalue weighted by atomic mass is 19.3. The van der Waals surface area contributed by atoms with Crippen molar-refractivity contribution in [1.29, 1.82) is 0 Å². The van der Waals surface area contributed by atoms with Crippen LogP contribution < -0.4 is 4.74 Å². The summed E-state index contributed by atoms with van der Waals surface area (Å²) in [6.07, 6.45) is 0.274. The van der Waals surface area contributed by atoms with Gasteiger partial charge in [0.15, 0.2) is 6.10 Å². The van der Waals surface area contributed by atoms with Gasteiger partial charge in [0.25, 0.3) is 0 Å². The van der Waals surface area contributed by atoms with Gasteiger partial charge in [0, 0.05) is 11.1 Å². The monoisotopic (exact) mass is 386 g/mol. The van der Waals surface area contributed by atoms with E-state index in [0.29, 0.717) is 5.56 Å². The van der Waals surface area contributed by atoms with Crippen LogP contribution in [-0.4, -0.2) is 24.5 Å². The van der Waals surface area contributed by atoms with E-state index in [2.05, 4.69) is 4.74 Å². The van der Waals surface area contributed by atoms with Gasteiger partial charge in [0.05, 0.1) is 6.26 Å². The van der Waals surface area contributed by atoms with Gasteiger partial charge in [-0.3, -0.25) is 4.79 Å². The van der Waals surface area contributed by atoms with E-state index < -0.39 is 24.5 Å². The van der Waals surface area contributed by atoms with Crippen LogP contribution in [0, 0.1) is 0 Å². The first kappa shape index (κ1) is 19.3. The maximum Gasteiger partial charge on any atom is 0.387 e. The van der Waals surface area contributed by atoms with Gasteiger partial charge in [-0.15, -0.1) is 0 Å². The summed E-state index contributed by atoms with van der Waals surface area (Å²) in [7, 11) is 0. The molecule has 0 spiro atoms. The summed E-state index contributed by atoms with van der Waals surface area (Å²) >= 11 is 0. The third kappa shape index (κ3) is 4.43. The molecule has 0 fully saturated rings. The summed E-state index contributed by atoms with van der Waals surface area (Å²) in [5.41, 5.74) is 1.53. The number of ether oxygens (including phenoxy) is 2. The zero-order valence-electron chi connectivity index (χ0n) is 14.8. The molecule has 3 rings (SSSR count). The second-order valence-corrected chi connectivity index (χ2v) is 5.84. The zero-order valence-corrected chi connectivity index (χ0v) is 14.8. The minimum Gasteiger partial charge on any atom is -0.457 e. The fourth-order valence-electron chi connectivity index (χ4n) is 2.62. The molecule has 7 heteroatoms. The predicted octanol–water partition coefficient (Wildman–Crippen LogP) is 4.98. The molecule has 0 radical (unpaired) electrons. The van der Waals surface area contributed by atoms with Gasteiger partial charge in [0.2, 0.25) is 11.5 Å². The van der Waals surface area contributed by atoms with Crippen molar-refractivity contribution in [3.63, 3.8) is 0 Å². The number of benzene rings is 2. The van der Waals surface area contributed by atoms with Crippen LogP contribution in [0.1, 0.15) is 27.8 Å². The zero-order chi connectivity index (χ0) is 20.1. The van der Waals surface area contributed by atoms with E-state index in [9.17, 15) is 18.4 Å². The lowest BCUT2D eigenvalue weighted by molar-refractivity contribution is -0.0498. The molecule has 1 aromatic heterocycles. The fourth-order valence-corrected chi connectivity index (χ4v) is 2.62. The Morgan fingerprint density at radius 3 is 2.29 bits per heavy atom. The van der Waals surface area contributed by atoms with Gasteiger partial charge in [0.1, 0.15) is 5.75 Å². The number of ketones is 1. The summed E-state index contributed by atoms with van der Waals surface area (Å²) in [4.78, 5) is 24.9. The van der Waals surface area contributed by atoms with Crippen LogP contribution in [0.15, 0.2) is 71.3 Å². The van der Waals surface area contributed by atoms with Crippen LogP contribution in [0.25, 0.3) is 11.1 Å². The number of hydrogen-bond donors (Lipinski definition) is 0. The van der Waals surface area contributed by atoms with Crippen LogP contribution in [-0.2, 0) is 4.74 Å². The highest BCUT2D eigenvalue weighted by molar-refractivity contribution is 6.02. The molecule has 0 saturated carbocycles. The number of rotatable bonds is 7. The third-order valence-corrected chi connectivity index (χ3v) is 3.95. The van der Waals surface area contributed by atoms with E-state index in [1.54, 1.807) is 6.07 Å². The first-order valence-electron chi connectivity index (χ1n) is 8.38. The average Bonchev–Trinajstić information content (AvgIpc) is 3.18. The molecule has 1 unspecified atom stereocenters. The second kappa shape index (κ2) is 8.47. The molecule has 0 aliphatic rings. The molecule has 0 bridgehead atoms. The molecule has 0 amide bonds. The first-order valence-corrected chi connectivity index (χ1v) is 8.38. The molecule has 0 aliphatic carbocycles. The Labute approximate surface area is 159 Å². The molecule has 3 aromatic rings. The fraction of sp³-hybridized carbons (Fsp3) is 0.143. The van der Waals surface area contributed by atoms with Crippen molar-refractivity contribution < 1.29 is 32.3 Å². The number of esters is 1. The Hall–Kier alpha value is -3.48. The SMILES string of the molecule is CC(OC(=O)c1occc1-c1ccccc1)C(=O)c1ccc(OC(F)F)cc1. The number of halogens is 2. The molecular weight excluding hydrogens is 370 g/mol. The molecule has 144 valence electrons. The summed E-state index contributed by atoms with van der Waals surface area (Å²) in [6, 6.07) is 15.9.